The summed E-state index contributed by atoms with van der Waals surface area (Å²) in [4.78, 5) is 13.5. The highest BCUT2D eigenvalue weighted by atomic mass is 32.1. The summed E-state index contributed by atoms with van der Waals surface area (Å²) in [6.45, 7) is 4.23. The number of anilines is 1. The maximum atomic E-state index is 12.3. The number of fused-ring (bicyclic) bond motifs is 1. The Morgan fingerprint density at radius 3 is 2.71 bits per heavy atom. The maximum Gasteiger partial charge on any atom is 0.252 e. The van der Waals surface area contributed by atoms with Gasteiger partial charge in [0.15, 0.2) is 5.79 Å². The Labute approximate surface area is 152 Å². The average Bonchev–Trinajstić information content (AvgIpc) is 3.11. The smallest absolute Gasteiger partial charge is 0.252 e. The normalized spacial score (nSPS) is 23.8. The molecule has 4 rings (SSSR count). The molecule has 3 aliphatic rings. The highest BCUT2D eigenvalue weighted by molar-refractivity contribution is 7.82. The van der Waals surface area contributed by atoms with Crippen LogP contribution in [0, 0.1) is 6.92 Å². The Kier molecular flexibility index (Phi) is 4.53. The van der Waals surface area contributed by atoms with Crippen molar-refractivity contribution in [3.8, 4) is 0 Å². The third-order valence-electron chi connectivity index (χ3n) is 5.37. The molecule has 5 nitrogen and oxygen atoms in total. The molecule has 1 saturated heterocycles. The molecule has 24 heavy (non-hydrogen) atoms. The number of amides is 1. The molecule has 0 unspecified atom stereocenters. The van der Waals surface area contributed by atoms with E-state index in [0.717, 1.165) is 61.2 Å². The number of carbonyl (C=O) groups excluding carboxylic acids is 1. The van der Waals surface area contributed by atoms with Gasteiger partial charge in [0.1, 0.15) is 5.00 Å². The van der Waals surface area contributed by atoms with Crippen LogP contribution in [0.2, 0.25) is 0 Å². The Hall–Kier alpha value is -0.760. The molecule has 1 N–H and O–H groups in total. The third-order valence-corrected chi connectivity index (χ3v) is 7.38. The highest BCUT2D eigenvalue weighted by Crippen LogP contribution is 2.43. The van der Waals surface area contributed by atoms with Crippen molar-refractivity contribution in [2.75, 3.05) is 24.1 Å². The van der Waals surface area contributed by atoms with Gasteiger partial charge in [-0.3, -0.25) is 4.79 Å². The van der Waals surface area contributed by atoms with E-state index in [0.29, 0.717) is 19.3 Å². The van der Waals surface area contributed by atoms with Crippen molar-refractivity contribution in [2.45, 2.75) is 57.3 Å². The van der Waals surface area contributed by atoms with Gasteiger partial charge in [-0.15, -0.1) is 11.3 Å². The van der Waals surface area contributed by atoms with E-state index in [2.05, 4.69) is 9.62 Å². The molecule has 0 aromatic carbocycles. The van der Waals surface area contributed by atoms with Crippen molar-refractivity contribution in [1.29, 1.82) is 0 Å². The quantitative estimate of drug-likeness (QED) is 0.788. The number of rotatable bonds is 2. The summed E-state index contributed by atoms with van der Waals surface area (Å²) in [6, 6.07) is 0.357. The first-order valence-corrected chi connectivity index (χ1v) is 9.98. The number of thiophene rings is 1. The van der Waals surface area contributed by atoms with Crippen LogP contribution in [0.3, 0.4) is 0 Å². The average molecular weight is 369 g/mol. The van der Waals surface area contributed by atoms with Crippen molar-refractivity contribution < 1.29 is 14.3 Å². The highest BCUT2D eigenvalue weighted by Gasteiger charge is 2.42. The fourth-order valence-corrected chi connectivity index (χ4v) is 5.86. The summed E-state index contributed by atoms with van der Waals surface area (Å²) in [5.74, 6) is -0.272. The van der Waals surface area contributed by atoms with Crippen LogP contribution in [-0.4, -0.2) is 37.5 Å². The molecule has 3 heterocycles. The zero-order chi connectivity index (χ0) is 16.7. The van der Waals surface area contributed by atoms with Gasteiger partial charge in [0.05, 0.1) is 18.8 Å². The number of nitrogens with one attached hydrogen (secondary N) is 1. The summed E-state index contributed by atoms with van der Waals surface area (Å²) >= 11 is 6.54. The van der Waals surface area contributed by atoms with E-state index in [-0.39, 0.29) is 11.7 Å². The summed E-state index contributed by atoms with van der Waals surface area (Å²) in [5, 5.41) is 4.12. The topological polar surface area (TPSA) is 50.8 Å². The monoisotopic (exact) mass is 368 g/mol. The molecule has 1 spiro atoms. The molecule has 132 valence electrons. The fourth-order valence-electron chi connectivity index (χ4n) is 4.03. The van der Waals surface area contributed by atoms with Gasteiger partial charge in [-0.05, 0) is 38.2 Å². The molecule has 2 aliphatic heterocycles. The first-order chi connectivity index (χ1) is 11.6. The predicted molar refractivity (Wildman–Crippen MR) is 98.1 cm³/mol. The minimum atomic E-state index is -0.341. The van der Waals surface area contributed by atoms with E-state index in [9.17, 15) is 4.79 Å². The van der Waals surface area contributed by atoms with Gasteiger partial charge in [-0.1, -0.05) is 12.8 Å². The maximum absolute atomic E-state index is 12.3. The van der Waals surface area contributed by atoms with Crippen molar-refractivity contribution in [3.05, 3.63) is 16.0 Å². The van der Waals surface area contributed by atoms with Crippen LogP contribution in [0.25, 0.3) is 0 Å². The number of hydrogen-bond donors (Lipinski definition) is 2. The Morgan fingerprint density at radius 1 is 1.29 bits per heavy atom. The lowest BCUT2D eigenvalue weighted by Gasteiger charge is -2.38. The molecule has 1 amide bonds. The molecule has 0 atom stereocenters. The van der Waals surface area contributed by atoms with E-state index in [1.807, 2.05) is 6.92 Å². The van der Waals surface area contributed by atoms with Gasteiger partial charge in [0.2, 0.25) is 0 Å². The van der Waals surface area contributed by atoms with E-state index in [1.165, 1.54) is 4.88 Å². The van der Waals surface area contributed by atoms with Crippen LogP contribution in [0.1, 0.15) is 52.9 Å². The molecule has 0 bridgehead atoms. The third kappa shape index (κ3) is 2.85. The van der Waals surface area contributed by atoms with Crippen molar-refractivity contribution in [3.63, 3.8) is 0 Å². The van der Waals surface area contributed by atoms with Gasteiger partial charge in [0.25, 0.3) is 5.91 Å². The van der Waals surface area contributed by atoms with E-state index in [1.54, 1.807) is 11.3 Å². The zero-order valence-electron chi connectivity index (χ0n) is 14.0. The van der Waals surface area contributed by atoms with Gasteiger partial charge in [-0.25, -0.2) is 0 Å². The van der Waals surface area contributed by atoms with Crippen molar-refractivity contribution >= 4 is 35.1 Å². The van der Waals surface area contributed by atoms with Gasteiger partial charge >= 0.3 is 0 Å². The van der Waals surface area contributed by atoms with E-state index < -0.39 is 0 Å². The van der Waals surface area contributed by atoms with Gasteiger partial charge in [-0.2, -0.15) is 0 Å². The molecule has 7 heteroatoms. The second kappa shape index (κ2) is 6.52. The van der Waals surface area contributed by atoms with Crippen LogP contribution in [0.4, 0.5) is 5.00 Å². The predicted octanol–water partition coefficient (Wildman–Crippen LogP) is 3.07. The minimum absolute atomic E-state index is 0.0691. The second-order valence-corrected chi connectivity index (χ2v) is 8.39. The van der Waals surface area contributed by atoms with Gasteiger partial charge < -0.3 is 19.1 Å². The molecular weight excluding hydrogens is 344 g/mol. The molecule has 1 aromatic rings. The lowest BCUT2D eigenvalue weighted by atomic mass is 9.90. The van der Waals surface area contributed by atoms with E-state index in [4.69, 9.17) is 22.3 Å². The molecule has 1 aliphatic carbocycles. The van der Waals surface area contributed by atoms with Gasteiger partial charge in [0, 0.05) is 30.3 Å². The van der Waals surface area contributed by atoms with Crippen molar-refractivity contribution in [1.82, 2.24) is 5.32 Å². The van der Waals surface area contributed by atoms with Crippen LogP contribution >= 0.6 is 24.2 Å². The van der Waals surface area contributed by atoms with E-state index >= 15 is 0 Å². The number of nitrogens with zero attached hydrogens (tertiary/aromatic N) is 1. The Bertz CT molecular complexity index is 630. The summed E-state index contributed by atoms with van der Waals surface area (Å²) in [6.07, 6.45) is 5.80. The SMILES string of the molecule is Cc1c(N(S)C2CCC3(CC2)OCCO3)sc2c1C(=O)NCCC2. The first-order valence-electron chi connectivity index (χ1n) is 8.76. The summed E-state index contributed by atoms with van der Waals surface area (Å²) in [5.41, 5.74) is 1.94. The standard InChI is InChI=1S/C17H24N2O3S2/c1-11-14-13(3-2-8-18-15(14)20)24-16(11)19(23)12-4-6-17(7-5-12)21-9-10-22-17/h12,23H,2-10H2,1H3,(H,18,20). The molecule has 2 fully saturated rings. The fraction of sp³-hybridized carbons (Fsp3) is 0.706. The number of carbonyl (C=O) groups is 1. The Morgan fingerprint density at radius 2 is 2.00 bits per heavy atom. The number of aryl methyl sites for hydroxylation is 1. The molecule has 1 saturated carbocycles. The summed E-state index contributed by atoms with van der Waals surface area (Å²) in [7, 11) is 0. The Balaban J connectivity index is 1.52. The second-order valence-electron chi connectivity index (χ2n) is 6.87. The molecule has 0 radical (unpaired) electrons. The van der Waals surface area contributed by atoms with Crippen LogP contribution in [-0.2, 0) is 15.9 Å². The van der Waals surface area contributed by atoms with Crippen LogP contribution in [0.5, 0.6) is 0 Å². The lowest BCUT2D eigenvalue weighted by molar-refractivity contribution is -0.178. The van der Waals surface area contributed by atoms with Crippen molar-refractivity contribution in [2.24, 2.45) is 0 Å². The minimum Gasteiger partial charge on any atom is -0.352 e. The molecule has 1 aromatic heterocycles. The zero-order valence-corrected chi connectivity index (χ0v) is 15.7. The number of ether oxygens (including phenoxy) is 2. The lowest BCUT2D eigenvalue weighted by Crippen LogP contribution is -2.41. The first kappa shape index (κ1) is 16.7. The number of hydrogen-bond acceptors (Lipinski definition) is 6. The van der Waals surface area contributed by atoms with Crippen LogP contribution < -0.4 is 9.62 Å². The summed E-state index contributed by atoms with van der Waals surface area (Å²) < 4.78 is 13.7. The van der Waals surface area contributed by atoms with Crippen LogP contribution in [0.15, 0.2) is 0 Å². The molecular formula is C17H24N2O3S2. The largest absolute Gasteiger partial charge is 0.352 e. The number of thiol groups is 1.